The lowest BCUT2D eigenvalue weighted by atomic mass is 10.2. The molecule has 0 aliphatic carbocycles. The number of thiocarbonyl (C=S) groups is 1. The van der Waals surface area contributed by atoms with Crippen LogP contribution in [0.4, 0.5) is 0 Å². The Labute approximate surface area is 169 Å². The Kier molecular flexibility index (Phi) is 4.84. The van der Waals surface area contributed by atoms with Crippen LogP contribution in [-0.4, -0.2) is 21.9 Å². The van der Waals surface area contributed by atoms with Gasteiger partial charge in [0, 0.05) is 10.0 Å². The maximum atomic E-state index is 12.8. The molecule has 0 unspecified atom stereocenters. The van der Waals surface area contributed by atoms with Crippen LogP contribution in [0.3, 0.4) is 0 Å². The average molecular weight is 424 g/mol. The van der Waals surface area contributed by atoms with Crippen LogP contribution < -0.4 is 9.47 Å². The number of nitrogens with zero attached hydrogens (tertiary/aromatic N) is 1. The molecule has 4 nitrogen and oxygen atoms in total. The number of rotatable bonds is 3. The van der Waals surface area contributed by atoms with Crippen LogP contribution in [0, 0.1) is 0 Å². The number of benzene rings is 2. The maximum absolute atomic E-state index is 12.8. The molecule has 132 valence electrons. The van der Waals surface area contributed by atoms with E-state index >= 15 is 0 Å². The number of carbonyl (C=O) groups excluding carboxylic acids is 1. The van der Waals surface area contributed by atoms with E-state index in [1.165, 1.54) is 11.8 Å². The Morgan fingerprint density at radius 3 is 2.77 bits per heavy atom. The van der Waals surface area contributed by atoms with Gasteiger partial charge in [-0.05, 0) is 41.5 Å². The Hall–Kier alpha value is -1.73. The highest BCUT2D eigenvalue weighted by atomic mass is 35.5. The van der Waals surface area contributed by atoms with Crippen LogP contribution in [0.25, 0.3) is 6.08 Å². The molecule has 0 N–H and O–H groups in total. The predicted octanol–water partition coefficient (Wildman–Crippen LogP) is 5.12. The van der Waals surface area contributed by atoms with E-state index in [-0.39, 0.29) is 12.7 Å². The second-order valence-electron chi connectivity index (χ2n) is 5.62. The van der Waals surface area contributed by atoms with E-state index in [4.69, 9.17) is 44.9 Å². The largest absolute Gasteiger partial charge is 0.454 e. The summed E-state index contributed by atoms with van der Waals surface area (Å²) in [6.07, 6.45) is 1.73. The normalized spacial score (nSPS) is 17.5. The first-order valence-corrected chi connectivity index (χ1v) is 9.58. The first kappa shape index (κ1) is 17.7. The van der Waals surface area contributed by atoms with Crippen molar-refractivity contribution >= 4 is 63.5 Å². The predicted molar refractivity (Wildman–Crippen MR) is 108 cm³/mol. The zero-order chi connectivity index (χ0) is 18.3. The molecule has 0 spiro atoms. The molecule has 0 radical (unpaired) electrons. The van der Waals surface area contributed by atoms with E-state index in [1.54, 1.807) is 29.2 Å². The third-order valence-corrected chi connectivity index (χ3v) is 5.84. The van der Waals surface area contributed by atoms with Crippen molar-refractivity contribution in [3.63, 3.8) is 0 Å². The summed E-state index contributed by atoms with van der Waals surface area (Å²) >= 11 is 18.7. The Balaban J connectivity index is 1.56. The minimum Gasteiger partial charge on any atom is -0.454 e. The topological polar surface area (TPSA) is 38.8 Å². The van der Waals surface area contributed by atoms with Crippen molar-refractivity contribution in [2.24, 2.45) is 0 Å². The molecule has 0 aromatic heterocycles. The van der Waals surface area contributed by atoms with E-state index in [0.29, 0.717) is 37.3 Å². The van der Waals surface area contributed by atoms with Crippen LogP contribution in [-0.2, 0) is 11.3 Å². The molecule has 0 atom stereocenters. The SMILES string of the molecule is O=C1C(=Cc2ccc(Cl)cc2Cl)SC(=S)N1Cc1ccc2c(c1)OCO2. The summed E-state index contributed by atoms with van der Waals surface area (Å²) in [5.74, 6) is 1.23. The Morgan fingerprint density at radius 1 is 1.15 bits per heavy atom. The fourth-order valence-electron chi connectivity index (χ4n) is 2.62. The lowest BCUT2D eigenvalue weighted by Crippen LogP contribution is -2.27. The first-order chi connectivity index (χ1) is 12.5. The molecule has 1 fully saturated rings. The molecule has 8 heteroatoms. The van der Waals surface area contributed by atoms with Crippen LogP contribution in [0.15, 0.2) is 41.3 Å². The Bertz CT molecular complexity index is 961. The molecule has 2 heterocycles. The van der Waals surface area contributed by atoms with E-state index in [0.717, 1.165) is 11.1 Å². The van der Waals surface area contributed by atoms with Crippen LogP contribution in [0.2, 0.25) is 10.0 Å². The summed E-state index contributed by atoms with van der Waals surface area (Å²) < 4.78 is 11.2. The van der Waals surface area contributed by atoms with Gasteiger partial charge in [-0.1, -0.05) is 59.3 Å². The minimum atomic E-state index is -0.149. The molecule has 0 bridgehead atoms. The Morgan fingerprint density at radius 2 is 1.96 bits per heavy atom. The third-order valence-electron chi connectivity index (χ3n) is 3.90. The van der Waals surface area contributed by atoms with Gasteiger partial charge in [0.25, 0.3) is 5.91 Å². The summed E-state index contributed by atoms with van der Waals surface area (Å²) in [5, 5.41) is 1.03. The summed E-state index contributed by atoms with van der Waals surface area (Å²) in [6.45, 7) is 0.581. The fourth-order valence-corrected chi connectivity index (χ4v) is 4.33. The molecular weight excluding hydrogens is 413 g/mol. The van der Waals surface area contributed by atoms with Crippen molar-refractivity contribution in [2.45, 2.75) is 6.54 Å². The van der Waals surface area contributed by atoms with Crippen molar-refractivity contribution in [1.29, 1.82) is 0 Å². The van der Waals surface area contributed by atoms with Crippen molar-refractivity contribution in [2.75, 3.05) is 6.79 Å². The van der Waals surface area contributed by atoms with Crippen molar-refractivity contribution in [3.05, 3.63) is 62.5 Å². The smallest absolute Gasteiger partial charge is 0.266 e. The quantitative estimate of drug-likeness (QED) is 0.505. The number of ether oxygens (including phenoxy) is 2. The monoisotopic (exact) mass is 423 g/mol. The summed E-state index contributed by atoms with van der Waals surface area (Å²) in [5.41, 5.74) is 1.64. The second-order valence-corrected chi connectivity index (χ2v) is 8.14. The van der Waals surface area contributed by atoms with Crippen LogP contribution in [0.5, 0.6) is 11.5 Å². The average Bonchev–Trinajstić information content (AvgIpc) is 3.17. The third kappa shape index (κ3) is 3.42. The molecule has 26 heavy (non-hydrogen) atoms. The van der Waals surface area contributed by atoms with E-state index in [1.807, 2.05) is 18.2 Å². The lowest BCUT2D eigenvalue weighted by molar-refractivity contribution is -0.122. The van der Waals surface area contributed by atoms with Crippen LogP contribution in [0.1, 0.15) is 11.1 Å². The molecule has 1 saturated heterocycles. The van der Waals surface area contributed by atoms with Gasteiger partial charge in [0.2, 0.25) is 6.79 Å². The zero-order valence-corrected chi connectivity index (χ0v) is 16.3. The van der Waals surface area contributed by atoms with Gasteiger partial charge in [-0.2, -0.15) is 0 Å². The first-order valence-electron chi connectivity index (χ1n) is 7.60. The number of amides is 1. The zero-order valence-electron chi connectivity index (χ0n) is 13.2. The standard InChI is InChI=1S/C18H11Cl2NO3S2/c19-12-3-2-11(13(20)7-12)6-16-17(22)21(18(25)26-16)8-10-1-4-14-15(5-10)24-9-23-14/h1-7H,8-9H2. The van der Waals surface area contributed by atoms with Crippen molar-refractivity contribution < 1.29 is 14.3 Å². The number of fused-ring (bicyclic) bond motifs is 1. The highest BCUT2D eigenvalue weighted by molar-refractivity contribution is 8.26. The molecule has 4 rings (SSSR count). The maximum Gasteiger partial charge on any atom is 0.266 e. The fraction of sp³-hybridized carbons (Fsp3) is 0.111. The van der Waals surface area contributed by atoms with Crippen molar-refractivity contribution in [1.82, 2.24) is 4.90 Å². The van der Waals surface area contributed by atoms with E-state index in [9.17, 15) is 4.79 Å². The summed E-state index contributed by atoms with van der Waals surface area (Å²) in [7, 11) is 0. The second kappa shape index (κ2) is 7.12. The number of thioether (sulfide) groups is 1. The molecule has 0 saturated carbocycles. The van der Waals surface area contributed by atoms with E-state index in [2.05, 4.69) is 0 Å². The minimum absolute atomic E-state index is 0.149. The highest BCUT2D eigenvalue weighted by Gasteiger charge is 2.32. The number of carbonyl (C=O) groups is 1. The number of hydrogen-bond donors (Lipinski definition) is 0. The van der Waals surface area contributed by atoms with Gasteiger partial charge in [0.1, 0.15) is 4.32 Å². The van der Waals surface area contributed by atoms with Gasteiger partial charge in [0.05, 0.1) is 11.4 Å². The van der Waals surface area contributed by atoms with Gasteiger partial charge in [-0.25, -0.2) is 0 Å². The van der Waals surface area contributed by atoms with Gasteiger partial charge in [-0.15, -0.1) is 0 Å². The van der Waals surface area contributed by atoms with Gasteiger partial charge >= 0.3 is 0 Å². The van der Waals surface area contributed by atoms with Gasteiger partial charge in [0.15, 0.2) is 11.5 Å². The molecule has 2 aliphatic rings. The van der Waals surface area contributed by atoms with Crippen molar-refractivity contribution in [3.8, 4) is 11.5 Å². The van der Waals surface area contributed by atoms with E-state index < -0.39 is 0 Å². The molecule has 2 aliphatic heterocycles. The lowest BCUT2D eigenvalue weighted by Gasteiger charge is -2.14. The molecule has 2 aromatic rings. The highest BCUT2D eigenvalue weighted by Crippen LogP contribution is 2.37. The molecular formula is C18H11Cl2NO3S2. The molecule has 1 amide bonds. The molecule has 2 aromatic carbocycles. The van der Waals surface area contributed by atoms with Gasteiger partial charge in [-0.3, -0.25) is 9.69 Å². The summed E-state index contributed by atoms with van der Waals surface area (Å²) in [4.78, 5) is 14.9. The number of hydrogen-bond acceptors (Lipinski definition) is 5. The summed E-state index contributed by atoms with van der Waals surface area (Å²) in [6, 6.07) is 10.7. The van der Waals surface area contributed by atoms with Crippen LogP contribution >= 0.6 is 47.2 Å². The van der Waals surface area contributed by atoms with Gasteiger partial charge < -0.3 is 9.47 Å². The number of halogens is 2.